The fraction of sp³-hybridized carbons (Fsp3) is 0.938. The van der Waals surface area contributed by atoms with Gasteiger partial charge in [0, 0.05) is 12.1 Å². The number of hydrogen-bond acceptors (Lipinski definition) is 2. The molecule has 0 aliphatic heterocycles. The number of carbonyl (C=O) groups excluding carboxylic acids is 1. The van der Waals surface area contributed by atoms with Crippen molar-refractivity contribution in [2.24, 2.45) is 5.92 Å². The molecule has 1 atom stereocenters. The molecular weight excluding hydrogens is 236 g/mol. The Morgan fingerprint density at radius 3 is 2.21 bits per heavy atom. The Morgan fingerprint density at radius 1 is 1.00 bits per heavy atom. The topological polar surface area (TPSA) is 41.1 Å². The molecule has 2 saturated carbocycles. The molecule has 2 aliphatic carbocycles. The van der Waals surface area contributed by atoms with Gasteiger partial charge in [-0.05, 0) is 38.5 Å². The highest BCUT2D eigenvalue weighted by Gasteiger charge is 2.21. The first-order valence-electron chi connectivity index (χ1n) is 8.28. The van der Waals surface area contributed by atoms with E-state index in [0.29, 0.717) is 24.5 Å². The van der Waals surface area contributed by atoms with Gasteiger partial charge in [0.15, 0.2) is 0 Å². The summed E-state index contributed by atoms with van der Waals surface area (Å²) in [7, 11) is 0. The van der Waals surface area contributed by atoms with Crippen molar-refractivity contribution >= 4 is 5.91 Å². The average Bonchev–Trinajstić information content (AvgIpc) is 2.76. The standard InChI is InChI=1S/C16H30N2O/c1-13(14-8-4-2-3-5-9-14)18-16(19)12-17-15-10-6-7-11-15/h13-15,17H,2-12H2,1H3,(H,18,19)/t13-/m0/s1. The quantitative estimate of drug-likeness (QED) is 0.751. The van der Waals surface area contributed by atoms with Crippen LogP contribution in [0.5, 0.6) is 0 Å². The Labute approximate surface area is 117 Å². The highest BCUT2D eigenvalue weighted by molar-refractivity contribution is 5.78. The summed E-state index contributed by atoms with van der Waals surface area (Å²) in [5, 5.41) is 6.59. The summed E-state index contributed by atoms with van der Waals surface area (Å²) in [6.45, 7) is 2.69. The molecule has 0 radical (unpaired) electrons. The molecule has 0 spiro atoms. The van der Waals surface area contributed by atoms with E-state index >= 15 is 0 Å². The van der Waals surface area contributed by atoms with Crippen LogP contribution in [-0.4, -0.2) is 24.5 Å². The third-order valence-electron chi connectivity index (χ3n) is 4.90. The van der Waals surface area contributed by atoms with E-state index in [4.69, 9.17) is 0 Å². The summed E-state index contributed by atoms with van der Waals surface area (Å²) in [6.07, 6.45) is 13.1. The first kappa shape index (κ1) is 14.8. The molecule has 0 aromatic carbocycles. The molecule has 2 aliphatic rings. The van der Waals surface area contributed by atoms with Crippen molar-refractivity contribution in [3.8, 4) is 0 Å². The van der Waals surface area contributed by atoms with Gasteiger partial charge in [0.1, 0.15) is 0 Å². The monoisotopic (exact) mass is 266 g/mol. The van der Waals surface area contributed by atoms with E-state index in [1.165, 1.54) is 64.2 Å². The van der Waals surface area contributed by atoms with Gasteiger partial charge in [-0.15, -0.1) is 0 Å². The van der Waals surface area contributed by atoms with Crippen molar-refractivity contribution < 1.29 is 4.79 Å². The van der Waals surface area contributed by atoms with E-state index in [1.807, 2.05) is 0 Å². The number of carbonyl (C=O) groups is 1. The Bertz CT molecular complexity index is 266. The summed E-state index contributed by atoms with van der Waals surface area (Å²) in [5.41, 5.74) is 0. The van der Waals surface area contributed by atoms with Crippen LogP contribution >= 0.6 is 0 Å². The van der Waals surface area contributed by atoms with Crippen molar-refractivity contribution in [2.45, 2.75) is 83.2 Å². The maximum Gasteiger partial charge on any atom is 0.234 e. The SMILES string of the molecule is C[C@H](NC(=O)CNC1CCCC1)C1CCCCCC1. The molecule has 19 heavy (non-hydrogen) atoms. The smallest absolute Gasteiger partial charge is 0.234 e. The molecule has 0 bridgehead atoms. The molecule has 0 aromatic rings. The van der Waals surface area contributed by atoms with Gasteiger partial charge in [0.05, 0.1) is 6.54 Å². The summed E-state index contributed by atoms with van der Waals surface area (Å²) in [5.74, 6) is 0.876. The summed E-state index contributed by atoms with van der Waals surface area (Å²) in [6, 6.07) is 0.926. The van der Waals surface area contributed by atoms with Gasteiger partial charge in [0.2, 0.25) is 5.91 Å². The fourth-order valence-electron chi connectivity index (χ4n) is 3.60. The van der Waals surface area contributed by atoms with E-state index in [-0.39, 0.29) is 5.91 Å². The lowest BCUT2D eigenvalue weighted by molar-refractivity contribution is -0.121. The summed E-state index contributed by atoms with van der Waals surface area (Å²) >= 11 is 0. The van der Waals surface area contributed by atoms with Gasteiger partial charge in [-0.25, -0.2) is 0 Å². The lowest BCUT2D eigenvalue weighted by Crippen LogP contribution is -2.44. The van der Waals surface area contributed by atoms with Crippen LogP contribution in [-0.2, 0) is 4.79 Å². The lowest BCUT2D eigenvalue weighted by Gasteiger charge is -2.24. The molecule has 2 rings (SSSR count). The first-order chi connectivity index (χ1) is 9.25. The lowest BCUT2D eigenvalue weighted by atomic mass is 9.93. The highest BCUT2D eigenvalue weighted by Crippen LogP contribution is 2.25. The molecule has 2 N–H and O–H groups in total. The zero-order chi connectivity index (χ0) is 13.5. The van der Waals surface area contributed by atoms with Crippen molar-refractivity contribution in [1.82, 2.24) is 10.6 Å². The molecular formula is C16H30N2O. The van der Waals surface area contributed by atoms with Crippen LogP contribution in [0.2, 0.25) is 0 Å². The van der Waals surface area contributed by atoms with Crippen LogP contribution in [0, 0.1) is 5.92 Å². The largest absolute Gasteiger partial charge is 0.352 e. The van der Waals surface area contributed by atoms with Crippen molar-refractivity contribution in [3.05, 3.63) is 0 Å². The van der Waals surface area contributed by atoms with Crippen LogP contribution in [0.15, 0.2) is 0 Å². The molecule has 0 saturated heterocycles. The van der Waals surface area contributed by atoms with Gasteiger partial charge in [0.25, 0.3) is 0 Å². The van der Waals surface area contributed by atoms with Gasteiger partial charge in [-0.2, -0.15) is 0 Å². The fourth-order valence-corrected chi connectivity index (χ4v) is 3.60. The van der Waals surface area contributed by atoms with E-state index in [2.05, 4.69) is 17.6 Å². The maximum atomic E-state index is 12.0. The van der Waals surface area contributed by atoms with E-state index in [1.54, 1.807) is 0 Å². The third kappa shape index (κ3) is 5.13. The minimum absolute atomic E-state index is 0.184. The Morgan fingerprint density at radius 2 is 1.58 bits per heavy atom. The first-order valence-corrected chi connectivity index (χ1v) is 8.28. The zero-order valence-corrected chi connectivity index (χ0v) is 12.4. The number of amides is 1. The maximum absolute atomic E-state index is 12.0. The zero-order valence-electron chi connectivity index (χ0n) is 12.4. The molecule has 0 unspecified atom stereocenters. The molecule has 2 fully saturated rings. The molecule has 3 nitrogen and oxygen atoms in total. The second-order valence-electron chi connectivity index (χ2n) is 6.47. The molecule has 1 amide bonds. The second-order valence-corrected chi connectivity index (χ2v) is 6.47. The Kier molecular flexibility index (Phi) is 6.15. The number of nitrogens with one attached hydrogen (secondary N) is 2. The minimum atomic E-state index is 0.184. The van der Waals surface area contributed by atoms with E-state index < -0.39 is 0 Å². The average molecular weight is 266 g/mol. The summed E-state index contributed by atoms with van der Waals surface area (Å²) < 4.78 is 0. The highest BCUT2D eigenvalue weighted by atomic mass is 16.1. The summed E-state index contributed by atoms with van der Waals surface area (Å²) in [4.78, 5) is 12.0. The molecule has 0 heterocycles. The van der Waals surface area contributed by atoms with Crippen LogP contribution in [0.3, 0.4) is 0 Å². The number of rotatable bonds is 5. The van der Waals surface area contributed by atoms with Crippen LogP contribution in [0.25, 0.3) is 0 Å². The van der Waals surface area contributed by atoms with Crippen LogP contribution in [0.4, 0.5) is 0 Å². The van der Waals surface area contributed by atoms with Crippen LogP contribution < -0.4 is 10.6 Å². The third-order valence-corrected chi connectivity index (χ3v) is 4.90. The van der Waals surface area contributed by atoms with Crippen molar-refractivity contribution in [2.75, 3.05) is 6.54 Å². The molecule has 3 heteroatoms. The predicted molar refractivity (Wildman–Crippen MR) is 79.1 cm³/mol. The number of hydrogen-bond donors (Lipinski definition) is 2. The van der Waals surface area contributed by atoms with Gasteiger partial charge < -0.3 is 10.6 Å². The molecule has 0 aromatic heterocycles. The minimum Gasteiger partial charge on any atom is -0.352 e. The predicted octanol–water partition coefficient (Wildman–Crippen LogP) is 2.99. The Balaban J connectivity index is 1.65. The molecule has 110 valence electrons. The van der Waals surface area contributed by atoms with Crippen LogP contribution in [0.1, 0.15) is 71.1 Å². The van der Waals surface area contributed by atoms with Gasteiger partial charge in [-0.1, -0.05) is 38.5 Å². The van der Waals surface area contributed by atoms with Gasteiger partial charge >= 0.3 is 0 Å². The van der Waals surface area contributed by atoms with E-state index in [0.717, 1.165) is 0 Å². The second kappa shape index (κ2) is 7.88. The van der Waals surface area contributed by atoms with Crippen molar-refractivity contribution in [3.63, 3.8) is 0 Å². The Hall–Kier alpha value is -0.570. The normalized spacial score (nSPS) is 24.1. The van der Waals surface area contributed by atoms with Gasteiger partial charge in [-0.3, -0.25) is 4.79 Å². The van der Waals surface area contributed by atoms with Crippen molar-refractivity contribution in [1.29, 1.82) is 0 Å². The van der Waals surface area contributed by atoms with E-state index in [9.17, 15) is 4.79 Å².